The third-order valence-electron chi connectivity index (χ3n) is 3.54. The maximum Gasteiger partial charge on any atom is 0.164 e. The van der Waals surface area contributed by atoms with Crippen LogP contribution in [0.5, 0.6) is 0 Å². The molecule has 0 atom stereocenters. The second kappa shape index (κ2) is 6.45. The summed E-state index contributed by atoms with van der Waals surface area (Å²) < 4.78 is 1.97. The van der Waals surface area contributed by atoms with Crippen molar-refractivity contribution >= 4 is 5.65 Å². The number of hydrogen-bond acceptors (Lipinski definition) is 4. The lowest BCUT2D eigenvalue weighted by molar-refractivity contribution is 0.664. The summed E-state index contributed by atoms with van der Waals surface area (Å²) in [6.45, 7) is 0.753. The lowest BCUT2D eigenvalue weighted by Crippen LogP contribution is -2.00. The van der Waals surface area contributed by atoms with Gasteiger partial charge in [-0.2, -0.15) is 0 Å². The van der Waals surface area contributed by atoms with Crippen molar-refractivity contribution in [2.45, 2.75) is 25.7 Å². The molecule has 108 valence electrons. The van der Waals surface area contributed by atoms with Crippen molar-refractivity contribution in [3.8, 4) is 11.3 Å². The topological polar surface area (TPSA) is 69.1 Å². The van der Waals surface area contributed by atoms with Crippen LogP contribution >= 0.6 is 0 Å². The maximum absolute atomic E-state index is 5.51. The van der Waals surface area contributed by atoms with Gasteiger partial charge in [0.1, 0.15) is 12.2 Å². The van der Waals surface area contributed by atoms with Crippen LogP contribution in [0.15, 0.2) is 42.7 Å². The van der Waals surface area contributed by atoms with Gasteiger partial charge in [-0.05, 0) is 19.4 Å². The molecule has 5 nitrogen and oxygen atoms in total. The van der Waals surface area contributed by atoms with Crippen LogP contribution < -0.4 is 5.73 Å². The first-order valence-corrected chi connectivity index (χ1v) is 7.33. The van der Waals surface area contributed by atoms with Gasteiger partial charge in [-0.1, -0.05) is 36.8 Å². The van der Waals surface area contributed by atoms with Gasteiger partial charge in [0.15, 0.2) is 5.65 Å². The molecule has 0 aliphatic rings. The highest BCUT2D eigenvalue weighted by Crippen LogP contribution is 2.18. The van der Waals surface area contributed by atoms with Gasteiger partial charge < -0.3 is 5.73 Å². The van der Waals surface area contributed by atoms with Gasteiger partial charge >= 0.3 is 0 Å². The number of fused-ring (bicyclic) bond motifs is 1. The van der Waals surface area contributed by atoms with Gasteiger partial charge in [0.2, 0.25) is 0 Å². The van der Waals surface area contributed by atoms with E-state index in [-0.39, 0.29) is 0 Å². The minimum atomic E-state index is 0.753. The van der Waals surface area contributed by atoms with E-state index in [9.17, 15) is 0 Å². The molecule has 0 saturated carbocycles. The smallest absolute Gasteiger partial charge is 0.164 e. The summed E-state index contributed by atoms with van der Waals surface area (Å²) in [6, 6.07) is 12.1. The molecule has 1 aromatic carbocycles. The molecule has 0 aliphatic heterocycles. The first-order valence-electron chi connectivity index (χ1n) is 7.33. The van der Waals surface area contributed by atoms with E-state index in [1.54, 1.807) is 0 Å². The standard InChI is InChI=1S/C16H19N5/c17-10-6-2-5-9-15-19-20-16-11-14(18-12-21(15)16)13-7-3-1-4-8-13/h1,3-4,7-8,11-12H,2,5-6,9-10,17H2. The average Bonchev–Trinajstić information content (AvgIpc) is 2.95. The number of unbranched alkanes of at least 4 members (excludes halogenated alkanes) is 2. The third-order valence-corrected chi connectivity index (χ3v) is 3.54. The molecule has 0 aliphatic carbocycles. The van der Waals surface area contributed by atoms with E-state index < -0.39 is 0 Å². The van der Waals surface area contributed by atoms with Crippen molar-refractivity contribution in [1.82, 2.24) is 19.6 Å². The highest BCUT2D eigenvalue weighted by Gasteiger charge is 2.07. The Bertz CT molecular complexity index is 705. The summed E-state index contributed by atoms with van der Waals surface area (Å²) in [7, 11) is 0. The zero-order chi connectivity index (χ0) is 14.5. The van der Waals surface area contributed by atoms with E-state index in [2.05, 4.69) is 15.2 Å². The minimum Gasteiger partial charge on any atom is -0.330 e. The molecule has 0 amide bonds. The van der Waals surface area contributed by atoms with Crippen LogP contribution in [0, 0.1) is 0 Å². The van der Waals surface area contributed by atoms with E-state index in [1.165, 1.54) is 0 Å². The van der Waals surface area contributed by atoms with E-state index in [4.69, 9.17) is 5.73 Å². The van der Waals surface area contributed by atoms with Crippen molar-refractivity contribution in [3.63, 3.8) is 0 Å². The summed E-state index contributed by atoms with van der Waals surface area (Å²) in [6.07, 6.45) is 6.00. The lowest BCUT2D eigenvalue weighted by Gasteiger charge is -2.02. The number of benzene rings is 1. The number of rotatable bonds is 6. The predicted molar refractivity (Wildman–Crippen MR) is 82.8 cm³/mol. The zero-order valence-corrected chi connectivity index (χ0v) is 11.9. The Hall–Kier alpha value is -2.27. The number of aromatic nitrogens is 4. The number of nitrogens with two attached hydrogens (primary N) is 1. The summed E-state index contributed by atoms with van der Waals surface area (Å²) in [4.78, 5) is 4.52. The van der Waals surface area contributed by atoms with Crippen LogP contribution in [-0.2, 0) is 6.42 Å². The van der Waals surface area contributed by atoms with Crippen LogP contribution in [0.4, 0.5) is 0 Å². The molecule has 0 spiro atoms. The van der Waals surface area contributed by atoms with Crippen LogP contribution in [-0.4, -0.2) is 26.1 Å². The average molecular weight is 281 g/mol. The molecule has 0 unspecified atom stereocenters. The summed E-state index contributed by atoms with van der Waals surface area (Å²) in [5.74, 6) is 0.967. The molecule has 0 fully saturated rings. The fourth-order valence-corrected chi connectivity index (χ4v) is 2.38. The number of nitrogens with zero attached hydrogens (tertiary/aromatic N) is 4. The van der Waals surface area contributed by atoms with Crippen LogP contribution in [0.25, 0.3) is 16.9 Å². The van der Waals surface area contributed by atoms with Crippen LogP contribution in [0.2, 0.25) is 0 Å². The highest BCUT2D eigenvalue weighted by atomic mass is 15.3. The molecular weight excluding hydrogens is 262 g/mol. The maximum atomic E-state index is 5.51. The summed E-state index contributed by atoms with van der Waals surface area (Å²) >= 11 is 0. The first kappa shape index (κ1) is 13.7. The van der Waals surface area contributed by atoms with Crippen molar-refractivity contribution < 1.29 is 0 Å². The van der Waals surface area contributed by atoms with Gasteiger partial charge in [0, 0.05) is 18.1 Å². The second-order valence-corrected chi connectivity index (χ2v) is 5.08. The quantitative estimate of drug-likeness (QED) is 0.705. The first-order chi connectivity index (χ1) is 10.4. The van der Waals surface area contributed by atoms with Gasteiger partial charge in [-0.15, -0.1) is 10.2 Å². The summed E-state index contributed by atoms with van der Waals surface area (Å²) in [5.41, 5.74) is 8.36. The Morgan fingerprint density at radius 2 is 1.86 bits per heavy atom. The van der Waals surface area contributed by atoms with E-state index in [1.807, 2.05) is 47.1 Å². The van der Waals surface area contributed by atoms with Crippen molar-refractivity contribution in [2.24, 2.45) is 5.73 Å². The Morgan fingerprint density at radius 3 is 2.67 bits per heavy atom. The Morgan fingerprint density at radius 1 is 1.00 bits per heavy atom. The summed E-state index contributed by atoms with van der Waals surface area (Å²) in [5, 5.41) is 8.52. The zero-order valence-electron chi connectivity index (χ0n) is 11.9. The molecule has 3 aromatic rings. The Labute approximate surface area is 123 Å². The normalized spacial score (nSPS) is 11.1. The molecule has 3 rings (SSSR count). The molecule has 0 saturated heterocycles. The fourth-order valence-electron chi connectivity index (χ4n) is 2.38. The lowest BCUT2D eigenvalue weighted by atomic mass is 10.1. The second-order valence-electron chi connectivity index (χ2n) is 5.08. The molecular formula is C16H19N5. The van der Waals surface area contributed by atoms with E-state index >= 15 is 0 Å². The highest BCUT2D eigenvalue weighted by molar-refractivity contribution is 5.62. The largest absolute Gasteiger partial charge is 0.330 e. The molecule has 2 aromatic heterocycles. The molecule has 5 heteroatoms. The number of aryl methyl sites for hydroxylation is 1. The Kier molecular flexibility index (Phi) is 4.21. The molecule has 0 radical (unpaired) electrons. The molecule has 2 heterocycles. The molecule has 2 N–H and O–H groups in total. The van der Waals surface area contributed by atoms with Crippen molar-refractivity contribution in [3.05, 3.63) is 48.5 Å². The van der Waals surface area contributed by atoms with Gasteiger partial charge in [0.05, 0.1) is 5.69 Å². The van der Waals surface area contributed by atoms with Crippen molar-refractivity contribution in [1.29, 1.82) is 0 Å². The SMILES string of the molecule is NCCCCCc1nnc2cc(-c3ccccc3)ncn12. The predicted octanol–water partition coefficient (Wildman–Crippen LogP) is 2.46. The van der Waals surface area contributed by atoms with Crippen molar-refractivity contribution in [2.75, 3.05) is 6.54 Å². The monoisotopic (exact) mass is 281 g/mol. The van der Waals surface area contributed by atoms with E-state index in [0.717, 1.165) is 55.0 Å². The minimum absolute atomic E-state index is 0.753. The molecule has 21 heavy (non-hydrogen) atoms. The third kappa shape index (κ3) is 3.08. The van der Waals surface area contributed by atoms with Gasteiger partial charge in [-0.3, -0.25) is 4.40 Å². The van der Waals surface area contributed by atoms with E-state index in [0.29, 0.717) is 0 Å². The number of hydrogen-bond donors (Lipinski definition) is 1. The van der Waals surface area contributed by atoms with Gasteiger partial charge in [0.25, 0.3) is 0 Å². The van der Waals surface area contributed by atoms with Crippen LogP contribution in [0.1, 0.15) is 25.1 Å². The van der Waals surface area contributed by atoms with Crippen LogP contribution in [0.3, 0.4) is 0 Å². The van der Waals surface area contributed by atoms with Gasteiger partial charge in [-0.25, -0.2) is 4.98 Å². The molecule has 0 bridgehead atoms. The Balaban J connectivity index is 1.81. The fraction of sp³-hybridized carbons (Fsp3) is 0.312.